The van der Waals surface area contributed by atoms with Crippen LogP contribution in [0.2, 0.25) is 0 Å². The third-order valence-corrected chi connectivity index (χ3v) is 3.38. The van der Waals surface area contributed by atoms with Crippen molar-refractivity contribution in [1.82, 2.24) is 15.1 Å². The van der Waals surface area contributed by atoms with E-state index in [1.807, 2.05) is 6.92 Å². The van der Waals surface area contributed by atoms with E-state index >= 15 is 0 Å². The molecule has 0 aliphatic carbocycles. The lowest BCUT2D eigenvalue weighted by molar-refractivity contribution is 0.0929. The van der Waals surface area contributed by atoms with Crippen LogP contribution in [0, 0.1) is 5.92 Å². The Morgan fingerprint density at radius 3 is 2.62 bits per heavy atom. The van der Waals surface area contributed by atoms with Crippen LogP contribution < -0.4 is 10.9 Å². The van der Waals surface area contributed by atoms with Crippen LogP contribution in [0.5, 0.6) is 0 Å². The summed E-state index contributed by atoms with van der Waals surface area (Å²) in [6, 6.07) is 3.02. The van der Waals surface area contributed by atoms with E-state index in [1.165, 1.54) is 16.8 Å². The second kappa shape index (κ2) is 8.60. The van der Waals surface area contributed by atoms with Crippen molar-refractivity contribution >= 4 is 5.91 Å². The van der Waals surface area contributed by atoms with Gasteiger partial charge in [0.2, 0.25) is 0 Å². The van der Waals surface area contributed by atoms with Gasteiger partial charge in [-0.25, -0.2) is 4.68 Å². The van der Waals surface area contributed by atoms with Crippen molar-refractivity contribution in [3.05, 3.63) is 28.2 Å². The molecule has 0 aliphatic heterocycles. The summed E-state index contributed by atoms with van der Waals surface area (Å²) >= 11 is 0. The molecular formula is C16H27N3O2. The summed E-state index contributed by atoms with van der Waals surface area (Å²) in [4.78, 5) is 23.8. The average molecular weight is 293 g/mol. The summed E-state index contributed by atoms with van der Waals surface area (Å²) in [5, 5.41) is 7.09. The van der Waals surface area contributed by atoms with E-state index in [9.17, 15) is 9.59 Å². The molecule has 1 N–H and O–H groups in total. The Labute approximate surface area is 126 Å². The first kappa shape index (κ1) is 17.4. The Balaban J connectivity index is 2.67. The molecule has 5 nitrogen and oxygen atoms in total. The number of amides is 1. The molecule has 0 saturated carbocycles. The Hall–Kier alpha value is -1.65. The fourth-order valence-corrected chi connectivity index (χ4v) is 1.99. The maximum atomic E-state index is 12.1. The summed E-state index contributed by atoms with van der Waals surface area (Å²) in [5.41, 5.74) is 0.148. The van der Waals surface area contributed by atoms with Crippen LogP contribution in [0.3, 0.4) is 0 Å². The van der Waals surface area contributed by atoms with Gasteiger partial charge in [-0.2, -0.15) is 5.10 Å². The highest BCUT2D eigenvalue weighted by Crippen LogP contribution is 2.06. The van der Waals surface area contributed by atoms with E-state index < -0.39 is 0 Å². The smallest absolute Gasteiger partial charge is 0.271 e. The Morgan fingerprint density at radius 2 is 2.00 bits per heavy atom. The first-order valence-corrected chi connectivity index (χ1v) is 7.83. The van der Waals surface area contributed by atoms with Crippen LogP contribution in [0.15, 0.2) is 16.9 Å². The predicted octanol–water partition coefficient (Wildman–Crippen LogP) is 2.60. The Kier molecular flexibility index (Phi) is 7.12. The van der Waals surface area contributed by atoms with Crippen molar-refractivity contribution in [2.45, 2.75) is 66.0 Å². The summed E-state index contributed by atoms with van der Waals surface area (Å²) < 4.78 is 1.37. The minimum absolute atomic E-state index is 0.109. The number of hydrogen-bond donors (Lipinski definition) is 1. The molecule has 0 aromatic carbocycles. The van der Waals surface area contributed by atoms with Crippen LogP contribution in [0.4, 0.5) is 0 Å². The number of nitrogens with one attached hydrogen (secondary N) is 1. The van der Waals surface area contributed by atoms with Crippen LogP contribution in [-0.2, 0) is 6.54 Å². The van der Waals surface area contributed by atoms with Crippen molar-refractivity contribution in [2.75, 3.05) is 0 Å². The van der Waals surface area contributed by atoms with Crippen molar-refractivity contribution in [3.63, 3.8) is 0 Å². The molecule has 1 amide bonds. The normalized spacial score (nSPS) is 12.4. The summed E-state index contributed by atoms with van der Waals surface area (Å²) in [6.07, 6.45) is 3.88. The molecule has 118 valence electrons. The molecule has 5 heteroatoms. The van der Waals surface area contributed by atoms with E-state index in [4.69, 9.17) is 0 Å². The number of rotatable bonds is 8. The maximum absolute atomic E-state index is 12.1. The molecule has 1 aromatic heterocycles. The van der Waals surface area contributed by atoms with Gasteiger partial charge in [0, 0.05) is 18.7 Å². The minimum atomic E-state index is -0.212. The lowest BCUT2D eigenvalue weighted by atomic mass is 10.0. The van der Waals surface area contributed by atoms with E-state index in [0.717, 1.165) is 25.7 Å². The van der Waals surface area contributed by atoms with Gasteiger partial charge in [0.1, 0.15) is 5.69 Å². The molecular weight excluding hydrogens is 266 g/mol. The monoisotopic (exact) mass is 293 g/mol. The lowest BCUT2D eigenvalue weighted by Crippen LogP contribution is -2.35. The summed E-state index contributed by atoms with van der Waals surface area (Å²) in [5.74, 6) is 0.412. The molecule has 0 radical (unpaired) electrons. The fraction of sp³-hybridized carbons (Fsp3) is 0.688. The highest BCUT2D eigenvalue weighted by atomic mass is 16.2. The lowest BCUT2D eigenvalue weighted by Gasteiger charge is -2.15. The van der Waals surface area contributed by atoms with Gasteiger partial charge in [-0.05, 0) is 38.2 Å². The zero-order chi connectivity index (χ0) is 15.8. The number of carbonyl (C=O) groups excluding carboxylic acids is 1. The molecule has 1 heterocycles. The average Bonchev–Trinajstić information content (AvgIpc) is 2.44. The van der Waals surface area contributed by atoms with Crippen molar-refractivity contribution in [3.8, 4) is 0 Å². The van der Waals surface area contributed by atoms with Gasteiger partial charge in [0.05, 0.1) is 0 Å². The Bertz CT molecular complexity index is 508. The van der Waals surface area contributed by atoms with Crippen LogP contribution in [-0.4, -0.2) is 21.7 Å². The predicted molar refractivity (Wildman–Crippen MR) is 84.4 cm³/mol. The van der Waals surface area contributed by atoms with E-state index in [2.05, 4.69) is 31.2 Å². The van der Waals surface area contributed by atoms with Crippen molar-refractivity contribution in [2.24, 2.45) is 5.92 Å². The summed E-state index contributed by atoms with van der Waals surface area (Å²) in [7, 11) is 0. The van der Waals surface area contributed by atoms with Crippen LogP contribution >= 0.6 is 0 Å². The molecule has 0 saturated heterocycles. The number of aryl methyl sites for hydroxylation is 1. The van der Waals surface area contributed by atoms with Gasteiger partial charge >= 0.3 is 0 Å². The number of hydrogen-bond acceptors (Lipinski definition) is 3. The van der Waals surface area contributed by atoms with Gasteiger partial charge in [0.25, 0.3) is 11.5 Å². The van der Waals surface area contributed by atoms with E-state index in [-0.39, 0.29) is 17.5 Å². The molecule has 1 atom stereocenters. The minimum Gasteiger partial charge on any atom is -0.348 e. The molecule has 0 bridgehead atoms. The number of nitrogens with zero attached hydrogens (tertiary/aromatic N) is 2. The second-order valence-electron chi connectivity index (χ2n) is 5.98. The van der Waals surface area contributed by atoms with Gasteiger partial charge in [0.15, 0.2) is 0 Å². The molecule has 0 aliphatic rings. The number of carbonyl (C=O) groups is 1. The highest BCUT2D eigenvalue weighted by Gasteiger charge is 2.13. The molecule has 1 rings (SSSR count). The van der Waals surface area contributed by atoms with E-state index in [0.29, 0.717) is 18.2 Å². The largest absolute Gasteiger partial charge is 0.348 e. The zero-order valence-electron chi connectivity index (χ0n) is 13.6. The third kappa shape index (κ3) is 6.10. The fourth-order valence-electron chi connectivity index (χ4n) is 1.99. The highest BCUT2D eigenvalue weighted by molar-refractivity contribution is 5.92. The number of aromatic nitrogens is 2. The first-order chi connectivity index (χ1) is 9.93. The van der Waals surface area contributed by atoms with Crippen molar-refractivity contribution < 1.29 is 4.79 Å². The van der Waals surface area contributed by atoms with Gasteiger partial charge in [-0.15, -0.1) is 0 Å². The van der Waals surface area contributed by atoms with Gasteiger partial charge in [-0.1, -0.05) is 27.2 Å². The summed E-state index contributed by atoms with van der Waals surface area (Å²) in [6.45, 7) is 8.93. The Morgan fingerprint density at radius 1 is 1.29 bits per heavy atom. The van der Waals surface area contributed by atoms with Crippen LogP contribution in [0.25, 0.3) is 0 Å². The molecule has 0 fully saturated rings. The molecule has 1 aromatic rings. The topological polar surface area (TPSA) is 64.0 Å². The maximum Gasteiger partial charge on any atom is 0.271 e. The quantitative estimate of drug-likeness (QED) is 0.801. The number of unbranched alkanes of at least 4 members (excludes halogenated alkanes) is 1. The first-order valence-electron chi connectivity index (χ1n) is 7.83. The van der Waals surface area contributed by atoms with Gasteiger partial charge < -0.3 is 5.32 Å². The van der Waals surface area contributed by atoms with Crippen LogP contribution in [0.1, 0.15) is 63.9 Å². The molecule has 21 heavy (non-hydrogen) atoms. The SMILES string of the molecule is CCCCn1nc(C(=O)NC(C)CCC(C)C)ccc1=O. The van der Waals surface area contributed by atoms with Gasteiger partial charge in [-0.3, -0.25) is 9.59 Å². The van der Waals surface area contributed by atoms with E-state index in [1.54, 1.807) is 0 Å². The zero-order valence-corrected chi connectivity index (χ0v) is 13.6. The van der Waals surface area contributed by atoms with Crippen molar-refractivity contribution in [1.29, 1.82) is 0 Å². The second-order valence-corrected chi connectivity index (χ2v) is 5.98. The molecule has 1 unspecified atom stereocenters. The standard InChI is InChI=1S/C16H27N3O2/c1-5-6-11-19-15(20)10-9-14(18-19)16(21)17-13(4)8-7-12(2)3/h9-10,12-13H,5-8,11H2,1-4H3,(H,17,21). The molecule has 0 spiro atoms. The third-order valence-electron chi connectivity index (χ3n) is 3.38.